The Morgan fingerprint density at radius 2 is 1.05 bits per heavy atom. The summed E-state index contributed by atoms with van der Waals surface area (Å²) in [6.07, 6.45) is 6.48. The van der Waals surface area contributed by atoms with Crippen LogP contribution >= 0.6 is 0 Å². The molecule has 0 amide bonds. The summed E-state index contributed by atoms with van der Waals surface area (Å²) in [4.78, 5) is 2.49. The topological polar surface area (TPSA) is 21.3 Å². The maximum atomic E-state index is 6.74. The predicted molar refractivity (Wildman–Crippen MR) is 274 cm³/mol. The third-order valence-electron chi connectivity index (χ3n) is 13.5. The Bertz CT molecular complexity index is 3850. The van der Waals surface area contributed by atoms with Crippen LogP contribution in [0.4, 0.5) is 11.4 Å². The molecule has 65 heavy (non-hydrogen) atoms. The minimum absolute atomic E-state index is 0.877. The van der Waals surface area contributed by atoms with E-state index < -0.39 is 0 Å². The van der Waals surface area contributed by atoms with Gasteiger partial charge in [-0.3, -0.25) is 0 Å². The van der Waals surface area contributed by atoms with E-state index in [1.165, 1.54) is 60.1 Å². The zero-order chi connectivity index (χ0) is 42.8. The van der Waals surface area contributed by atoms with E-state index in [1.54, 1.807) is 0 Å². The second-order valence-corrected chi connectivity index (χ2v) is 17.1. The van der Waals surface area contributed by atoms with E-state index >= 15 is 0 Å². The number of para-hydroxylation sites is 6. The van der Waals surface area contributed by atoms with Crippen molar-refractivity contribution >= 4 is 82.2 Å². The Morgan fingerprint density at radius 3 is 1.88 bits per heavy atom. The van der Waals surface area contributed by atoms with Gasteiger partial charge in [-0.25, -0.2) is 0 Å². The van der Waals surface area contributed by atoms with Crippen molar-refractivity contribution in [3.63, 3.8) is 0 Å². The van der Waals surface area contributed by atoms with Gasteiger partial charge in [0.2, 0.25) is 0 Å². The fraction of sp³-hybridized carbons (Fsp3) is 0.0323. The van der Waals surface area contributed by atoms with Gasteiger partial charge >= 0.3 is 0 Å². The fourth-order valence-corrected chi connectivity index (χ4v) is 10.5. The number of allylic oxidation sites excluding steroid dienone is 3. The first-order valence-electron chi connectivity index (χ1n) is 22.6. The van der Waals surface area contributed by atoms with E-state index in [4.69, 9.17) is 4.42 Å². The van der Waals surface area contributed by atoms with Crippen molar-refractivity contribution in [2.24, 2.45) is 0 Å². The second-order valence-electron chi connectivity index (χ2n) is 17.1. The van der Waals surface area contributed by atoms with Gasteiger partial charge < -0.3 is 13.9 Å². The summed E-state index contributed by atoms with van der Waals surface area (Å²) >= 11 is 0. The molecule has 0 saturated carbocycles. The molecular weight excluding hydrogens is 789 g/mol. The third kappa shape index (κ3) is 6.04. The Hall–Kier alpha value is -8.40. The molecule has 306 valence electrons. The van der Waals surface area contributed by atoms with E-state index in [1.807, 2.05) is 0 Å². The van der Waals surface area contributed by atoms with Crippen LogP contribution in [0.2, 0.25) is 0 Å². The highest BCUT2D eigenvalue weighted by Gasteiger charge is 2.26. The first-order valence-corrected chi connectivity index (χ1v) is 22.6. The van der Waals surface area contributed by atoms with Crippen LogP contribution < -0.4 is 4.90 Å². The summed E-state index contributed by atoms with van der Waals surface area (Å²) in [7, 11) is 0. The summed E-state index contributed by atoms with van der Waals surface area (Å²) < 4.78 is 9.18. The number of nitrogens with zero attached hydrogens (tertiary/aromatic N) is 2. The van der Waals surface area contributed by atoms with Gasteiger partial charge in [0.1, 0.15) is 11.2 Å². The van der Waals surface area contributed by atoms with Crippen molar-refractivity contribution in [3.8, 4) is 27.9 Å². The van der Waals surface area contributed by atoms with E-state index in [0.717, 1.165) is 74.2 Å². The molecule has 0 N–H and O–H groups in total. The largest absolute Gasteiger partial charge is 0.455 e. The van der Waals surface area contributed by atoms with E-state index in [9.17, 15) is 0 Å². The van der Waals surface area contributed by atoms with Crippen LogP contribution in [0, 0.1) is 0 Å². The lowest BCUT2D eigenvalue weighted by Crippen LogP contribution is -2.19. The molecule has 3 nitrogen and oxygen atoms in total. The molecule has 0 unspecified atom stereocenters. The van der Waals surface area contributed by atoms with Crippen LogP contribution in [0.25, 0.3) is 98.8 Å². The lowest BCUT2D eigenvalue weighted by atomic mass is 9.91. The van der Waals surface area contributed by atoms with Gasteiger partial charge in [0.15, 0.2) is 0 Å². The average molecular weight is 831 g/mol. The Labute approximate surface area is 377 Å². The number of benzene rings is 10. The van der Waals surface area contributed by atoms with Crippen molar-refractivity contribution in [2.45, 2.75) is 12.8 Å². The first kappa shape index (κ1) is 37.2. The van der Waals surface area contributed by atoms with E-state index in [2.05, 4.69) is 240 Å². The lowest BCUT2D eigenvalue weighted by molar-refractivity contribution is 0.667. The Balaban J connectivity index is 1.02. The van der Waals surface area contributed by atoms with Crippen molar-refractivity contribution in [1.29, 1.82) is 0 Å². The minimum atomic E-state index is 0.877. The zero-order valence-corrected chi connectivity index (χ0v) is 35.7. The van der Waals surface area contributed by atoms with Crippen LogP contribution in [0.3, 0.4) is 0 Å². The van der Waals surface area contributed by atoms with Crippen LogP contribution in [0.5, 0.6) is 0 Å². The molecule has 12 aromatic rings. The molecule has 0 aliphatic heterocycles. The molecule has 0 fully saturated rings. The second kappa shape index (κ2) is 15.1. The number of aromatic nitrogens is 1. The van der Waals surface area contributed by atoms with Crippen molar-refractivity contribution in [2.75, 3.05) is 4.90 Å². The van der Waals surface area contributed by atoms with Crippen molar-refractivity contribution in [1.82, 2.24) is 4.57 Å². The standard InChI is InChI=1S/C62H42N2O/c1-2-17-46-42(16-1)32-33-44-40-43(36-39-47(44)46)41-34-37-45(38-35-41)63(57-27-10-7-22-52(57)54-24-15-25-55-53-23-8-14-31-61(53)65-62(54)55)56-26-9-3-18-48(56)49-19-4-11-28-58(49)64-59-29-12-5-20-50(59)51-21-6-13-30-60(51)64/h1-6,8-21,23-40H,7,22H2. The molecule has 10 aromatic carbocycles. The van der Waals surface area contributed by atoms with Crippen LogP contribution in [-0.4, -0.2) is 4.57 Å². The maximum Gasteiger partial charge on any atom is 0.142 e. The van der Waals surface area contributed by atoms with Gasteiger partial charge in [-0.2, -0.15) is 0 Å². The maximum absolute atomic E-state index is 6.74. The molecule has 3 heteroatoms. The number of hydrogen-bond acceptors (Lipinski definition) is 2. The quantitative estimate of drug-likeness (QED) is 0.149. The molecular formula is C62H42N2O. The van der Waals surface area contributed by atoms with E-state index in [-0.39, 0.29) is 0 Å². The Kier molecular flexibility index (Phi) is 8.67. The van der Waals surface area contributed by atoms with Gasteiger partial charge in [0.05, 0.1) is 22.4 Å². The SMILES string of the molecule is C1=CC(N(c2ccc(-c3ccc4c(ccc5ccccc54)c3)cc2)c2ccccc2-c2ccccc2-n2c3ccccc3c3ccccc32)=C(c2cccc3c2oc2ccccc23)CC1. The molecule has 2 aromatic heterocycles. The lowest BCUT2D eigenvalue weighted by Gasteiger charge is -2.32. The van der Waals surface area contributed by atoms with E-state index in [0.29, 0.717) is 0 Å². The smallest absolute Gasteiger partial charge is 0.142 e. The number of furan rings is 1. The minimum Gasteiger partial charge on any atom is -0.455 e. The molecule has 2 heterocycles. The molecule has 0 saturated heterocycles. The highest BCUT2D eigenvalue weighted by atomic mass is 16.3. The highest BCUT2D eigenvalue weighted by molar-refractivity contribution is 6.11. The summed E-state index contributed by atoms with van der Waals surface area (Å²) in [5.74, 6) is 0. The normalized spacial score (nSPS) is 13.0. The number of hydrogen-bond donors (Lipinski definition) is 0. The first-order chi connectivity index (χ1) is 32.3. The van der Waals surface area contributed by atoms with Crippen LogP contribution in [0.15, 0.2) is 241 Å². The van der Waals surface area contributed by atoms with Gasteiger partial charge in [-0.15, -0.1) is 0 Å². The van der Waals surface area contributed by atoms with Gasteiger partial charge in [0, 0.05) is 49.6 Å². The zero-order valence-electron chi connectivity index (χ0n) is 35.7. The molecule has 0 radical (unpaired) electrons. The molecule has 1 aliphatic rings. The molecule has 0 bridgehead atoms. The summed E-state index contributed by atoms with van der Waals surface area (Å²) in [6, 6.07) is 79.5. The number of fused-ring (bicyclic) bond motifs is 9. The van der Waals surface area contributed by atoms with Gasteiger partial charge in [0.25, 0.3) is 0 Å². The molecule has 0 atom stereocenters. The monoisotopic (exact) mass is 830 g/mol. The Morgan fingerprint density at radius 1 is 0.431 bits per heavy atom. The molecule has 1 aliphatic carbocycles. The van der Waals surface area contributed by atoms with Crippen LogP contribution in [0.1, 0.15) is 18.4 Å². The van der Waals surface area contributed by atoms with Crippen molar-refractivity contribution < 1.29 is 4.42 Å². The number of anilines is 2. The third-order valence-corrected chi connectivity index (χ3v) is 13.5. The van der Waals surface area contributed by atoms with Gasteiger partial charge in [-0.05, 0) is 106 Å². The summed E-state index contributed by atoms with van der Waals surface area (Å²) in [5.41, 5.74) is 15.7. The molecule has 13 rings (SSSR count). The summed E-state index contributed by atoms with van der Waals surface area (Å²) in [5, 5.41) is 9.82. The highest BCUT2D eigenvalue weighted by Crippen LogP contribution is 2.46. The molecule has 0 spiro atoms. The average Bonchev–Trinajstić information content (AvgIpc) is 3.93. The fourth-order valence-electron chi connectivity index (χ4n) is 10.5. The number of rotatable bonds is 7. The predicted octanol–water partition coefficient (Wildman–Crippen LogP) is 17.2. The van der Waals surface area contributed by atoms with Crippen molar-refractivity contribution in [3.05, 3.63) is 242 Å². The summed E-state index contributed by atoms with van der Waals surface area (Å²) in [6.45, 7) is 0. The van der Waals surface area contributed by atoms with Gasteiger partial charge in [-0.1, -0.05) is 176 Å². The van der Waals surface area contributed by atoms with Crippen LogP contribution in [-0.2, 0) is 0 Å².